The first-order chi connectivity index (χ1) is 15.5. The Bertz CT molecular complexity index is 1040. The summed E-state index contributed by atoms with van der Waals surface area (Å²) < 4.78 is 37.2. The van der Waals surface area contributed by atoms with Crippen molar-refractivity contribution in [1.82, 2.24) is 19.9 Å². The number of rotatable bonds is 8. The van der Waals surface area contributed by atoms with Crippen molar-refractivity contribution in [2.45, 2.75) is 25.9 Å². The number of halogens is 2. The van der Waals surface area contributed by atoms with Gasteiger partial charge < -0.3 is 14.2 Å². The Morgan fingerprint density at radius 2 is 2.03 bits per heavy atom. The number of hydrogen-bond donors (Lipinski definition) is 0. The first-order valence-electron chi connectivity index (χ1n) is 10.5. The quantitative estimate of drug-likeness (QED) is 0.509. The predicted molar refractivity (Wildman–Crippen MR) is 115 cm³/mol. The van der Waals surface area contributed by atoms with Gasteiger partial charge in [0, 0.05) is 38.7 Å². The summed E-state index contributed by atoms with van der Waals surface area (Å²) >= 11 is 1.58. The number of ether oxygens (including phenoxy) is 1. The number of aryl methyl sites for hydroxylation is 1. The van der Waals surface area contributed by atoms with Crippen LogP contribution in [0.3, 0.4) is 0 Å². The molecule has 0 spiro atoms. The number of nitrogens with zero attached hydrogens (tertiary/aromatic N) is 4. The van der Waals surface area contributed by atoms with Crippen LogP contribution in [-0.4, -0.2) is 64.7 Å². The fourth-order valence-electron chi connectivity index (χ4n) is 3.57. The van der Waals surface area contributed by atoms with E-state index in [0.29, 0.717) is 31.2 Å². The maximum absolute atomic E-state index is 13.3. The fraction of sp³-hybridized carbons (Fsp3) is 0.409. The summed E-state index contributed by atoms with van der Waals surface area (Å²) in [6.07, 6.45) is 0.813. The topological polar surface area (TPSA) is 71.7 Å². The molecule has 170 valence electrons. The average molecular weight is 463 g/mol. The normalized spacial score (nSPS) is 15.7. The molecule has 4 rings (SSSR count). The van der Waals surface area contributed by atoms with Crippen LogP contribution in [0.15, 0.2) is 40.2 Å². The molecule has 0 radical (unpaired) electrons. The van der Waals surface area contributed by atoms with Crippen molar-refractivity contribution in [3.63, 3.8) is 0 Å². The molecule has 1 fully saturated rings. The molecule has 1 unspecified atom stereocenters. The van der Waals surface area contributed by atoms with Gasteiger partial charge in [0.05, 0.1) is 4.88 Å². The summed E-state index contributed by atoms with van der Waals surface area (Å²) in [5.41, 5.74) is 0. The number of carbonyl (C=O) groups excluding carboxylic acids is 1. The molecular weight excluding hydrogens is 438 g/mol. The smallest absolute Gasteiger partial charge is 0.263 e. The van der Waals surface area contributed by atoms with E-state index in [1.165, 1.54) is 6.07 Å². The highest BCUT2D eigenvalue weighted by molar-refractivity contribution is 7.13. The molecule has 1 aliphatic heterocycles. The third-order valence-electron chi connectivity index (χ3n) is 5.31. The van der Waals surface area contributed by atoms with Gasteiger partial charge in [0.15, 0.2) is 17.7 Å². The van der Waals surface area contributed by atoms with Crippen LogP contribution in [-0.2, 0) is 11.2 Å². The number of aromatic nitrogens is 2. The van der Waals surface area contributed by atoms with Crippen molar-refractivity contribution in [2.75, 3.05) is 32.7 Å². The highest BCUT2D eigenvalue weighted by Gasteiger charge is 2.26. The highest BCUT2D eigenvalue weighted by atomic mass is 32.1. The van der Waals surface area contributed by atoms with Crippen molar-refractivity contribution in [2.24, 2.45) is 0 Å². The monoisotopic (exact) mass is 462 g/mol. The van der Waals surface area contributed by atoms with E-state index in [2.05, 4.69) is 15.0 Å². The molecule has 10 heteroatoms. The minimum Gasteiger partial charge on any atom is -0.481 e. The maximum Gasteiger partial charge on any atom is 0.263 e. The van der Waals surface area contributed by atoms with Crippen LogP contribution >= 0.6 is 11.3 Å². The highest BCUT2D eigenvalue weighted by Crippen LogP contribution is 2.22. The second kappa shape index (κ2) is 10.2. The lowest BCUT2D eigenvalue weighted by Gasteiger charge is -2.35. The van der Waals surface area contributed by atoms with Crippen molar-refractivity contribution < 1.29 is 22.8 Å². The van der Waals surface area contributed by atoms with Crippen molar-refractivity contribution >= 4 is 17.2 Å². The average Bonchev–Trinajstić information content (AvgIpc) is 3.48. The largest absolute Gasteiger partial charge is 0.481 e. The molecule has 0 N–H and O–H groups in total. The molecule has 3 heterocycles. The van der Waals surface area contributed by atoms with Crippen LogP contribution in [0.1, 0.15) is 19.2 Å². The molecule has 1 atom stereocenters. The lowest BCUT2D eigenvalue weighted by atomic mass is 10.2. The van der Waals surface area contributed by atoms with E-state index < -0.39 is 17.7 Å². The van der Waals surface area contributed by atoms with Gasteiger partial charge in [-0.1, -0.05) is 11.2 Å². The summed E-state index contributed by atoms with van der Waals surface area (Å²) in [5, 5.41) is 6.00. The molecule has 0 saturated carbocycles. The number of benzene rings is 1. The molecule has 0 bridgehead atoms. The third-order valence-corrected chi connectivity index (χ3v) is 6.18. The summed E-state index contributed by atoms with van der Waals surface area (Å²) in [7, 11) is 0. The predicted octanol–water partition coefficient (Wildman–Crippen LogP) is 3.62. The van der Waals surface area contributed by atoms with E-state index in [1.54, 1.807) is 23.2 Å². The van der Waals surface area contributed by atoms with Gasteiger partial charge in [-0.15, -0.1) is 11.3 Å². The van der Waals surface area contributed by atoms with Crippen LogP contribution in [0, 0.1) is 11.6 Å². The zero-order valence-electron chi connectivity index (χ0n) is 17.7. The zero-order valence-corrected chi connectivity index (χ0v) is 18.5. The SMILES string of the molecule is CC(Oc1ccc(F)c(F)c1)C(=O)N1CCN(CCCc2nc(-c3cccs3)no2)CC1. The Kier molecular flexibility index (Phi) is 7.11. The third kappa shape index (κ3) is 5.49. The van der Waals surface area contributed by atoms with E-state index >= 15 is 0 Å². The number of thiophene rings is 1. The van der Waals surface area contributed by atoms with Crippen molar-refractivity contribution in [3.8, 4) is 16.5 Å². The Labute approximate surface area is 188 Å². The molecule has 7 nitrogen and oxygen atoms in total. The minimum absolute atomic E-state index is 0.131. The number of hydrogen-bond acceptors (Lipinski definition) is 7. The number of carbonyl (C=O) groups is 1. The molecule has 3 aromatic rings. The fourth-order valence-corrected chi connectivity index (χ4v) is 4.22. The Balaban J connectivity index is 1.18. The van der Waals surface area contributed by atoms with Gasteiger partial charge in [0.2, 0.25) is 11.7 Å². The summed E-state index contributed by atoms with van der Waals surface area (Å²) in [6.45, 7) is 5.19. The van der Waals surface area contributed by atoms with E-state index in [0.717, 1.165) is 43.1 Å². The van der Waals surface area contributed by atoms with Crippen LogP contribution in [0.2, 0.25) is 0 Å². The Morgan fingerprint density at radius 3 is 2.75 bits per heavy atom. The Hall–Kier alpha value is -2.85. The van der Waals surface area contributed by atoms with E-state index in [4.69, 9.17) is 9.26 Å². The summed E-state index contributed by atoms with van der Waals surface area (Å²) in [5.74, 6) is -0.728. The van der Waals surface area contributed by atoms with E-state index in [-0.39, 0.29) is 11.7 Å². The van der Waals surface area contributed by atoms with Gasteiger partial charge in [-0.2, -0.15) is 4.98 Å². The van der Waals surface area contributed by atoms with Gasteiger partial charge in [-0.25, -0.2) is 8.78 Å². The zero-order chi connectivity index (χ0) is 22.5. The second-order valence-electron chi connectivity index (χ2n) is 7.60. The van der Waals surface area contributed by atoms with Gasteiger partial charge in [0.1, 0.15) is 5.75 Å². The number of piperazine rings is 1. The molecule has 32 heavy (non-hydrogen) atoms. The maximum atomic E-state index is 13.3. The second-order valence-corrected chi connectivity index (χ2v) is 8.54. The van der Waals surface area contributed by atoms with E-state index in [9.17, 15) is 13.6 Å². The standard InChI is InChI=1S/C22H24F2N4O3S/c1-15(30-16-6-7-17(23)18(24)14-16)22(29)28-11-9-27(10-12-28)8-2-5-20-25-21(26-31-20)19-4-3-13-32-19/h3-4,6-7,13-15H,2,5,8-12H2,1H3. The molecule has 0 aliphatic carbocycles. The van der Waals surface area contributed by atoms with Gasteiger partial charge in [-0.05, 0) is 43.5 Å². The van der Waals surface area contributed by atoms with Crippen LogP contribution < -0.4 is 4.74 Å². The van der Waals surface area contributed by atoms with Crippen LogP contribution in [0.5, 0.6) is 5.75 Å². The van der Waals surface area contributed by atoms with Gasteiger partial charge in [0.25, 0.3) is 5.91 Å². The lowest BCUT2D eigenvalue weighted by Crippen LogP contribution is -2.52. The van der Waals surface area contributed by atoms with E-state index in [1.807, 2.05) is 17.5 Å². The minimum atomic E-state index is -1.00. The first-order valence-corrected chi connectivity index (χ1v) is 11.4. The van der Waals surface area contributed by atoms with Gasteiger partial charge >= 0.3 is 0 Å². The van der Waals surface area contributed by atoms with Crippen LogP contribution in [0.4, 0.5) is 8.78 Å². The van der Waals surface area contributed by atoms with Crippen molar-refractivity contribution in [1.29, 1.82) is 0 Å². The Morgan fingerprint density at radius 1 is 1.22 bits per heavy atom. The number of amides is 1. The van der Waals surface area contributed by atoms with Gasteiger partial charge in [-0.3, -0.25) is 9.69 Å². The molecular formula is C22H24F2N4O3S. The first kappa shape index (κ1) is 22.3. The summed E-state index contributed by atoms with van der Waals surface area (Å²) in [4.78, 5) is 22.1. The molecule has 1 amide bonds. The molecule has 1 aliphatic rings. The summed E-state index contributed by atoms with van der Waals surface area (Å²) in [6, 6.07) is 7.16. The lowest BCUT2D eigenvalue weighted by molar-refractivity contribution is -0.139. The van der Waals surface area contributed by atoms with Crippen molar-refractivity contribution in [3.05, 3.63) is 53.2 Å². The molecule has 2 aromatic heterocycles. The van der Waals surface area contributed by atoms with Crippen LogP contribution in [0.25, 0.3) is 10.7 Å². The molecule has 1 saturated heterocycles. The molecule has 1 aromatic carbocycles.